The summed E-state index contributed by atoms with van der Waals surface area (Å²) in [5.41, 5.74) is 3.64. The van der Waals surface area contributed by atoms with E-state index < -0.39 is 0 Å². The van der Waals surface area contributed by atoms with Gasteiger partial charge < -0.3 is 10.2 Å². The summed E-state index contributed by atoms with van der Waals surface area (Å²) in [5, 5.41) is 8.05. The minimum Gasteiger partial charge on any atom is -0.355 e. The van der Waals surface area contributed by atoms with Gasteiger partial charge in [0.15, 0.2) is 0 Å². The number of piperidine rings is 1. The van der Waals surface area contributed by atoms with Crippen LogP contribution in [-0.4, -0.2) is 38.6 Å². The van der Waals surface area contributed by atoms with Crippen molar-refractivity contribution >= 4 is 34.8 Å². The highest BCUT2D eigenvalue weighted by molar-refractivity contribution is 6.31. The summed E-state index contributed by atoms with van der Waals surface area (Å²) in [6, 6.07) is 5.56. The number of nitrogens with zero attached hydrogens (tertiary/aromatic N) is 5. The Labute approximate surface area is 168 Å². The summed E-state index contributed by atoms with van der Waals surface area (Å²) < 4.78 is 1.77. The van der Waals surface area contributed by atoms with E-state index in [0.29, 0.717) is 17.3 Å². The number of anilines is 2. The second-order valence-electron chi connectivity index (χ2n) is 7.30. The van der Waals surface area contributed by atoms with E-state index in [-0.39, 0.29) is 11.8 Å². The topological polar surface area (TPSA) is 75.4 Å². The summed E-state index contributed by atoms with van der Waals surface area (Å²) >= 11 is 6.18. The van der Waals surface area contributed by atoms with Crippen LogP contribution in [0.15, 0.2) is 24.5 Å². The molecule has 1 N–H and O–H groups in total. The number of fused-ring (bicyclic) bond motifs is 1. The molecule has 4 rings (SSSR count). The zero-order valence-electron chi connectivity index (χ0n) is 16.2. The third-order valence-corrected chi connectivity index (χ3v) is 5.90. The van der Waals surface area contributed by atoms with Gasteiger partial charge >= 0.3 is 0 Å². The number of benzene rings is 1. The molecule has 0 radical (unpaired) electrons. The van der Waals surface area contributed by atoms with E-state index in [1.54, 1.807) is 4.52 Å². The summed E-state index contributed by atoms with van der Waals surface area (Å²) in [6.45, 7) is 7.43. The number of aryl methyl sites for hydroxylation is 1. The van der Waals surface area contributed by atoms with Gasteiger partial charge in [0.1, 0.15) is 12.1 Å². The molecule has 28 heavy (non-hydrogen) atoms. The van der Waals surface area contributed by atoms with Crippen LogP contribution in [0.5, 0.6) is 0 Å². The van der Waals surface area contributed by atoms with Crippen LogP contribution < -0.4 is 10.2 Å². The fourth-order valence-corrected chi connectivity index (χ4v) is 3.92. The predicted octanol–water partition coefficient (Wildman–Crippen LogP) is 3.56. The van der Waals surface area contributed by atoms with Gasteiger partial charge in [-0.05, 0) is 51.3 Å². The number of nitrogens with one attached hydrogen (secondary N) is 1. The Hall–Kier alpha value is -2.67. The zero-order chi connectivity index (χ0) is 19.8. The van der Waals surface area contributed by atoms with Crippen molar-refractivity contribution in [3.8, 4) is 0 Å². The molecule has 0 saturated carbocycles. The van der Waals surface area contributed by atoms with Gasteiger partial charge in [-0.1, -0.05) is 17.7 Å². The van der Waals surface area contributed by atoms with Crippen molar-refractivity contribution < 1.29 is 4.79 Å². The minimum absolute atomic E-state index is 0.0216. The molecule has 0 spiro atoms. The molecule has 1 aliphatic heterocycles. The van der Waals surface area contributed by atoms with Gasteiger partial charge in [-0.3, -0.25) is 4.79 Å². The van der Waals surface area contributed by atoms with Crippen molar-refractivity contribution in [3.05, 3.63) is 46.4 Å². The number of hydrogen-bond donors (Lipinski definition) is 1. The average molecular weight is 399 g/mol. The second-order valence-corrected chi connectivity index (χ2v) is 7.71. The van der Waals surface area contributed by atoms with Gasteiger partial charge in [0.2, 0.25) is 5.91 Å². The Bertz CT molecular complexity index is 1050. The Morgan fingerprint density at radius 2 is 2.07 bits per heavy atom. The Morgan fingerprint density at radius 3 is 2.89 bits per heavy atom. The highest BCUT2D eigenvalue weighted by Crippen LogP contribution is 2.29. The van der Waals surface area contributed by atoms with E-state index >= 15 is 0 Å². The van der Waals surface area contributed by atoms with Gasteiger partial charge in [0, 0.05) is 35.1 Å². The minimum atomic E-state index is -0.112. The maximum atomic E-state index is 12.9. The molecule has 7 nitrogen and oxygen atoms in total. The molecule has 0 bridgehead atoms. The fourth-order valence-electron chi connectivity index (χ4n) is 3.75. The fraction of sp³-hybridized carbons (Fsp3) is 0.400. The van der Waals surface area contributed by atoms with Gasteiger partial charge in [0.05, 0.1) is 5.92 Å². The smallest absolute Gasteiger partial charge is 0.254 e. The number of carbonyl (C=O) groups excluding carboxylic acids is 1. The Kier molecular flexibility index (Phi) is 4.93. The molecule has 1 aromatic carbocycles. The first-order valence-electron chi connectivity index (χ1n) is 9.43. The number of aromatic nitrogens is 4. The van der Waals surface area contributed by atoms with Crippen LogP contribution in [0, 0.1) is 26.7 Å². The molecule has 1 aliphatic rings. The van der Waals surface area contributed by atoms with Crippen LogP contribution in [0.25, 0.3) is 5.78 Å². The molecule has 1 saturated heterocycles. The zero-order valence-corrected chi connectivity index (χ0v) is 17.0. The van der Waals surface area contributed by atoms with Crippen molar-refractivity contribution in [2.45, 2.75) is 33.6 Å². The van der Waals surface area contributed by atoms with Crippen molar-refractivity contribution in [3.63, 3.8) is 0 Å². The van der Waals surface area contributed by atoms with Gasteiger partial charge in [-0.25, -0.2) is 4.98 Å². The average Bonchev–Trinajstić information content (AvgIpc) is 3.14. The number of rotatable bonds is 3. The van der Waals surface area contributed by atoms with Crippen LogP contribution in [0.3, 0.4) is 0 Å². The highest BCUT2D eigenvalue weighted by atomic mass is 35.5. The van der Waals surface area contributed by atoms with Gasteiger partial charge in [-0.15, -0.1) is 0 Å². The molecule has 0 aliphatic carbocycles. The van der Waals surface area contributed by atoms with Crippen molar-refractivity contribution in [2.24, 2.45) is 5.92 Å². The molecule has 1 unspecified atom stereocenters. The van der Waals surface area contributed by atoms with E-state index in [9.17, 15) is 4.79 Å². The lowest BCUT2D eigenvalue weighted by Crippen LogP contribution is -2.42. The lowest BCUT2D eigenvalue weighted by molar-refractivity contribution is -0.120. The summed E-state index contributed by atoms with van der Waals surface area (Å²) in [7, 11) is 0. The second kappa shape index (κ2) is 7.39. The molecule has 3 heterocycles. The van der Waals surface area contributed by atoms with Crippen LogP contribution in [0.1, 0.15) is 29.7 Å². The van der Waals surface area contributed by atoms with Gasteiger partial charge in [-0.2, -0.15) is 14.6 Å². The third-order valence-electron chi connectivity index (χ3n) is 5.49. The molecule has 2 aromatic heterocycles. The molecule has 1 atom stereocenters. The molecule has 146 valence electrons. The molecular weight excluding hydrogens is 376 g/mol. The lowest BCUT2D eigenvalue weighted by atomic mass is 9.96. The Balaban J connectivity index is 1.58. The van der Waals surface area contributed by atoms with Crippen LogP contribution in [0.4, 0.5) is 11.5 Å². The van der Waals surface area contributed by atoms with E-state index in [1.165, 1.54) is 6.33 Å². The first-order valence-corrected chi connectivity index (χ1v) is 9.81. The van der Waals surface area contributed by atoms with E-state index in [0.717, 1.165) is 47.7 Å². The summed E-state index contributed by atoms with van der Waals surface area (Å²) in [4.78, 5) is 23.9. The van der Waals surface area contributed by atoms with Crippen LogP contribution in [0.2, 0.25) is 5.02 Å². The summed E-state index contributed by atoms with van der Waals surface area (Å²) in [5.74, 6) is 1.46. The number of halogens is 1. The quantitative estimate of drug-likeness (QED) is 0.730. The van der Waals surface area contributed by atoms with E-state index in [1.807, 2.05) is 39.0 Å². The molecule has 1 amide bonds. The molecule has 8 heteroatoms. The largest absolute Gasteiger partial charge is 0.355 e. The van der Waals surface area contributed by atoms with Crippen molar-refractivity contribution in [1.82, 2.24) is 19.6 Å². The normalized spacial score (nSPS) is 17.1. The van der Waals surface area contributed by atoms with Crippen molar-refractivity contribution in [2.75, 3.05) is 23.3 Å². The third kappa shape index (κ3) is 3.30. The number of amides is 1. The molecular formula is C20H23ClN6O. The number of hydrogen-bond acceptors (Lipinski definition) is 5. The van der Waals surface area contributed by atoms with Crippen LogP contribution in [-0.2, 0) is 4.79 Å². The molecule has 1 fully saturated rings. The van der Waals surface area contributed by atoms with Crippen molar-refractivity contribution in [1.29, 1.82) is 0 Å². The maximum absolute atomic E-state index is 12.9. The van der Waals surface area contributed by atoms with E-state index in [2.05, 4.69) is 25.3 Å². The highest BCUT2D eigenvalue weighted by Gasteiger charge is 2.29. The Morgan fingerprint density at radius 1 is 1.25 bits per heavy atom. The first kappa shape index (κ1) is 18.7. The van der Waals surface area contributed by atoms with Gasteiger partial charge in [0.25, 0.3) is 5.78 Å². The lowest BCUT2D eigenvalue weighted by Gasteiger charge is -2.34. The maximum Gasteiger partial charge on any atom is 0.254 e. The molecule has 3 aromatic rings. The monoisotopic (exact) mass is 398 g/mol. The van der Waals surface area contributed by atoms with E-state index in [4.69, 9.17) is 11.6 Å². The summed E-state index contributed by atoms with van der Waals surface area (Å²) in [6.07, 6.45) is 3.30. The standard InChI is InChI=1S/C20H23ClN6O/c1-12-14(3)24-20-22-11-23-27(20)19(12)26-9-5-6-15(10-26)18(28)25-17-8-4-7-16(21)13(17)2/h4,7-8,11,15H,5-6,9-10H2,1-3H3,(H,25,28). The first-order chi connectivity index (χ1) is 13.5. The SMILES string of the molecule is Cc1nc2ncnn2c(N2CCCC(C(=O)Nc3cccc(Cl)c3C)C2)c1C. The number of carbonyl (C=O) groups is 1. The predicted molar refractivity (Wildman–Crippen MR) is 110 cm³/mol. The van der Waals surface area contributed by atoms with Crippen LogP contribution >= 0.6 is 11.6 Å².